The molecule has 0 aromatic carbocycles. The highest BCUT2D eigenvalue weighted by Crippen LogP contribution is 2.09. The zero-order valence-corrected chi connectivity index (χ0v) is 14.2. The molecule has 0 aliphatic rings. The van der Waals surface area contributed by atoms with Gasteiger partial charge in [0.1, 0.15) is 12.6 Å². The van der Waals surface area contributed by atoms with E-state index in [2.05, 4.69) is 6.92 Å². The third-order valence-corrected chi connectivity index (χ3v) is 4.15. The van der Waals surface area contributed by atoms with Gasteiger partial charge in [0.25, 0.3) is 0 Å². The molecule has 4 N–H and O–H groups in total. The number of unbranched alkanes of at least 4 members (excludes halogenated alkanes) is 9. The minimum atomic E-state index is -0.724. The number of hydrogen-bond donors (Lipinski definition) is 4. The molecule has 128 valence electrons. The number of hydrogen-bond acceptors (Lipinski definition) is 3. The molecule has 3 atom stereocenters. The Hall–Kier alpha value is -0.160. The normalized spacial score (nSPS) is 15.9. The lowest BCUT2D eigenvalue weighted by molar-refractivity contribution is -0.948. The molecular formula is C17H38NO3+. The van der Waals surface area contributed by atoms with Gasteiger partial charge in [0.2, 0.25) is 0 Å². The molecule has 4 heteroatoms. The van der Waals surface area contributed by atoms with Crippen LogP contribution in [0.4, 0.5) is 0 Å². The van der Waals surface area contributed by atoms with E-state index >= 15 is 0 Å². The standard InChI is InChI=1S/C17H37NO3/c1-3-4-5-6-7-8-9-10-11-12-13-18(16(2)20)14-17(21)15-19/h16-17,19-21H,3-15H2,1-2H3/p+1. The zero-order valence-electron chi connectivity index (χ0n) is 14.2. The third-order valence-electron chi connectivity index (χ3n) is 4.15. The smallest absolute Gasteiger partial charge is 0.186 e. The average molecular weight is 304 g/mol. The SMILES string of the molecule is CCCCCCCCCCCC[NH+](CC(O)CO)C(C)O. The molecule has 0 rings (SSSR count). The molecule has 0 bridgehead atoms. The molecule has 0 aliphatic heterocycles. The van der Waals surface area contributed by atoms with Crippen LogP contribution in [0.1, 0.15) is 78.1 Å². The topological polar surface area (TPSA) is 65.1 Å². The fourth-order valence-electron chi connectivity index (χ4n) is 2.69. The quantitative estimate of drug-likeness (QED) is 0.274. The van der Waals surface area contributed by atoms with Crippen molar-refractivity contribution in [1.29, 1.82) is 0 Å². The fourth-order valence-corrected chi connectivity index (χ4v) is 2.69. The van der Waals surface area contributed by atoms with Crippen LogP contribution in [0.2, 0.25) is 0 Å². The summed E-state index contributed by atoms with van der Waals surface area (Å²) in [5.74, 6) is 0. The Morgan fingerprint density at radius 3 is 1.71 bits per heavy atom. The summed E-state index contributed by atoms with van der Waals surface area (Å²) in [5.41, 5.74) is 0. The number of aliphatic hydroxyl groups excluding tert-OH is 3. The molecule has 0 radical (unpaired) electrons. The fraction of sp³-hybridized carbons (Fsp3) is 1.00. The second-order valence-corrected chi connectivity index (χ2v) is 6.31. The van der Waals surface area contributed by atoms with Gasteiger partial charge in [-0.2, -0.15) is 0 Å². The zero-order chi connectivity index (χ0) is 15.9. The van der Waals surface area contributed by atoms with E-state index in [1.807, 2.05) is 0 Å². The predicted molar refractivity (Wildman–Crippen MR) is 87.3 cm³/mol. The predicted octanol–water partition coefficient (Wildman–Crippen LogP) is 1.48. The van der Waals surface area contributed by atoms with Gasteiger partial charge in [-0.3, -0.25) is 0 Å². The van der Waals surface area contributed by atoms with Crippen LogP contribution in [0.3, 0.4) is 0 Å². The Labute approximate surface area is 131 Å². The molecule has 0 amide bonds. The van der Waals surface area contributed by atoms with E-state index in [1.54, 1.807) is 6.92 Å². The first-order valence-electron chi connectivity index (χ1n) is 8.93. The van der Waals surface area contributed by atoms with E-state index < -0.39 is 12.3 Å². The van der Waals surface area contributed by atoms with Crippen molar-refractivity contribution in [2.45, 2.75) is 90.4 Å². The summed E-state index contributed by atoms with van der Waals surface area (Å²) >= 11 is 0. The maximum Gasteiger partial charge on any atom is 0.186 e. The van der Waals surface area contributed by atoms with Crippen molar-refractivity contribution in [1.82, 2.24) is 0 Å². The average Bonchev–Trinajstić information content (AvgIpc) is 2.47. The van der Waals surface area contributed by atoms with Crippen LogP contribution in [0.5, 0.6) is 0 Å². The van der Waals surface area contributed by atoms with Crippen LogP contribution in [-0.4, -0.2) is 47.3 Å². The summed E-state index contributed by atoms with van der Waals surface area (Å²) in [4.78, 5) is 0.969. The van der Waals surface area contributed by atoms with Crippen LogP contribution >= 0.6 is 0 Å². The molecule has 0 aliphatic carbocycles. The third kappa shape index (κ3) is 13.2. The highest BCUT2D eigenvalue weighted by molar-refractivity contribution is 4.50. The van der Waals surface area contributed by atoms with Gasteiger partial charge in [-0.05, 0) is 12.8 Å². The summed E-state index contributed by atoms with van der Waals surface area (Å²) in [5, 5.41) is 28.0. The number of rotatable bonds is 15. The first-order valence-corrected chi connectivity index (χ1v) is 8.93. The van der Waals surface area contributed by atoms with Gasteiger partial charge in [-0.15, -0.1) is 0 Å². The molecular weight excluding hydrogens is 266 g/mol. The first-order chi connectivity index (χ1) is 10.1. The Morgan fingerprint density at radius 1 is 0.810 bits per heavy atom. The molecule has 0 aromatic rings. The summed E-state index contributed by atoms with van der Waals surface area (Å²) in [6.45, 7) is 5.05. The number of nitrogens with one attached hydrogen (secondary N) is 1. The Kier molecular flexibility index (Phi) is 14.7. The van der Waals surface area contributed by atoms with Gasteiger partial charge in [0.15, 0.2) is 6.23 Å². The van der Waals surface area contributed by atoms with E-state index in [-0.39, 0.29) is 6.61 Å². The summed E-state index contributed by atoms with van der Waals surface area (Å²) in [6, 6.07) is 0. The molecule has 4 nitrogen and oxygen atoms in total. The van der Waals surface area contributed by atoms with Crippen molar-refractivity contribution in [2.75, 3.05) is 19.7 Å². The molecule has 0 fully saturated rings. The van der Waals surface area contributed by atoms with Gasteiger partial charge < -0.3 is 20.2 Å². The summed E-state index contributed by atoms with van der Waals surface area (Å²) < 4.78 is 0. The molecule has 0 aromatic heterocycles. The highest BCUT2D eigenvalue weighted by Gasteiger charge is 2.18. The van der Waals surface area contributed by atoms with Gasteiger partial charge in [0, 0.05) is 6.92 Å². The van der Waals surface area contributed by atoms with Crippen molar-refractivity contribution in [3.8, 4) is 0 Å². The molecule has 21 heavy (non-hydrogen) atoms. The van der Waals surface area contributed by atoms with E-state index in [4.69, 9.17) is 5.11 Å². The van der Waals surface area contributed by atoms with Crippen molar-refractivity contribution in [3.05, 3.63) is 0 Å². The Morgan fingerprint density at radius 2 is 1.29 bits per heavy atom. The maximum atomic E-state index is 9.67. The van der Waals surface area contributed by atoms with Crippen molar-refractivity contribution in [3.63, 3.8) is 0 Å². The van der Waals surface area contributed by atoms with E-state index in [1.165, 1.54) is 57.8 Å². The monoisotopic (exact) mass is 304 g/mol. The minimum Gasteiger partial charge on any atom is -0.393 e. The molecule has 0 spiro atoms. The lowest BCUT2D eigenvalue weighted by Gasteiger charge is -2.24. The molecule has 3 unspecified atom stereocenters. The Bertz CT molecular complexity index is 212. The van der Waals surface area contributed by atoms with Crippen molar-refractivity contribution >= 4 is 0 Å². The van der Waals surface area contributed by atoms with E-state index in [0.29, 0.717) is 6.54 Å². The summed E-state index contributed by atoms with van der Waals surface area (Å²) in [6.07, 6.45) is 11.8. The largest absolute Gasteiger partial charge is 0.393 e. The van der Waals surface area contributed by atoms with E-state index in [9.17, 15) is 10.2 Å². The van der Waals surface area contributed by atoms with E-state index in [0.717, 1.165) is 17.9 Å². The maximum absolute atomic E-state index is 9.67. The van der Waals surface area contributed by atoms with Gasteiger partial charge in [0.05, 0.1) is 13.2 Å². The molecule has 0 saturated heterocycles. The van der Waals surface area contributed by atoms with Crippen LogP contribution < -0.4 is 4.90 Å². The Balaban J connectivity index is 3.46. The van der Waals surface area contributed by atoms with Crippen molar-refractivity contribution in [2.24, 2.45) is 0 Å². The van der Waals surface area contributed by atoms with Crippen LogP contribution in [0.15, 0.2) is 0 Å². The van der Waals surface area contributed by atoms with Crippen molar-refractivity contribution < 1.29 is 20.2 Å². The minimum absolute atomic E-state index is 0.228. The highest BCUT2D eigenvalue weighted by atomic mass is 16.3. The first kappa shape index (κ1) is 20.8. The lowest BCUT2D eigenvalue weighted by atomic mass is 10.1. The molecule has 0 saturated carbocycles. The van der Waals surface area contributed by atoms with Gasteiger partial charge in [-0.25, -0.2) is 0 Å². The number of quaternary nitrogens is 1. The lowest BCUT2D eigenvalue weighted by Crippen LogP contribution is -3.16. The second-order valence-electron chi connectivity index (χ2n) is 6.31. The molecule has 0 heterocycles. The number of aliphatic hydroxyl groups is 3. The van der Waals surface area contributed by atoms with Gasteiger partial charge in [-0.1, -0.05) is 58.3 Å². The summed E-state index contributed by atoms with van der Waals surface area (Å²) in [7, 11) is 0. The van der Waals surface area contributed by atoms with Gasteiger partial charge >= 0.3 is 0 Å². The van der Waals surface area contributed by atoms with Crippen LogP contribution in [-0.2, 0) is 0 Å². The van der Waals surface area contributed by atoms with Crippen LogP contribution in [0.25, 0.3) is 0 Å². The van der Waals surface area contributed by atoms with Crippen LogP contribution in [0, 0.1) is 0 Å². The second kappa shape index (κ2) is 14.8.